The van der Waals surface area contributed by atoms with Gasteiger partial charge in [-0.1, -0.05) is 12.1 Å². The van der Waals surface area contributed by atoms with Crippen molar-refractivity contribution in [3.63, 3.8) is 0 Å². The summed E-state index contributed by atoms with van der Waals surface area (Å²) in [6, 6.07) is 6.78. The maximum absolute atomic E-state index is 13.0. The van der Waals surface area contributed by atoms with Crippen LogP contribution in [0, 0.1) is 5.82 Å². The van der Waals surface area contributed by atoms with Gasteiger partial charge in [0.15, 0.2) is 0 Å². The lowest BCUT2D eigenvalue weighted by Gasteiger charge is -2.18. The molecule has 0 aromatic heterocycles. The summed E-state index contributed by atoms with van der Waals surface area (Å²) in [6.07, 6.45) is 2.03. The van der Waals surface area contributed by atoms with Gasteiger partial charge in [-0.15, -0.1) is 0 Å². The molecule has 0 aliphatic carbocycles. The number of nitrogens with one attached hydrogen (secondary N) is 1. The van der Waals surface area contributed by atoms with Crippen LogP contribution in [-0.2, 0) is 9.47 Å². The Balaban J connectivity index is 2.49. The Morgan fingerprint density at radius 1 is 1.11 bits per heavy atom. The summed E-state index contributed by atoms with van der Waals surface area (Å²) < 4.78 is 23.1. The second-order valence-electron chi connectivity index (χ2n) is 4.58. The first-order chi connectivity index (χ1) is 9.27. The fourth-order valence-electron chi connectivity index (χ4n) is 2.05. The Kier molecular flexibility index (Phi) is 8.38. The van der Waals surface area contributed by atoms with Crippen LogP contribution in [0.5, 0.6) is 0 Å². The van der Waals surface area contributed by atoms with E-state index in [-0.39, 0.29) is 5.82 Å². The van der Waals surface area contributed by atoms with Crippen LogP contribution in [0.4, 0.5) is 4.39 Å². The maximum atomic E-state index is 13.0. The molecule has 1 unspecified atom stereocenters. The molecule has 0 aliphatic heterocycles. The number of hydrogen-bond donors (Lipinski definition) is 1. The monoisotopic (exact) mass is 269 g/mol. The fourth-order valence-corrected chi connectivity index (χ4v) is 2.05. The molecule has 0 aliphatic rings. The van der Waals surface area contributed by atoms with Crippen molar-refractivity contribution in [3.8, 4) is 0 Å². The van der Waals surface area contributed by atoms with E-state index >= 15 is 0 Å². The zero-order valence-electron chi connectivity index (χ0n) is 11.8. The average molecular weight is 269 g/mol. The third kappa shape index (κ3) is 6.66. The molecule has 0 radical (unpaired) electrons. The van der Waals surface area contributed by atoms with E-state index in [1.54, 1.807) is 14.2 Å². The van der Waals surface area contributed by atoms with Gasteiger partial charge in [0.25, 0.3) is 0 Å². The minimum Gasteiger partial charge on any atom is -0.385 e. The second kappa shape index (κ2) is 9.89. The molecule has 0 fully saturated rings. The summed E-state index contributed by atoms with van der Waals surface area (Å²) in [7, 11) is 3.40. The van der Waals surface area contributed by atoms with E-state index in [1.165, 1.54) is 17.7 Å². The molecule has 3 nitrogen and oxygen atoms in total. The topological polar surface area (TPSA) is 30.5 Å². The van der Waals surface area contributed by atoms with Crippen molar-refractivity contribution >= 4 is 0 Å². The number of rotatable bonds is 10. The summed E-state index contributed by atoms with van der Waals surface area (Å²) in [5.74, 6) is 0.194. The van der Waals surface area contributed by atoms with E-state index in [4.69, 9.17) is 9.47 Å². The molecule has 1 rings (SSSR count). The predicted octanol–water partition coefficient (Wildman–Crippen LogP) is 2.57. The van der Waals surface area contributed by atoms with Crippen LogP contribution in [0.1, 0.15) is 24.3 Å². The quantitative estimate of drug-likeness (QED) is 0.662. The molecule has 0 amide bonds. The van der Waals surface area contributed by atoms with Crippen molar-refractivity contribution in [1.29, 1.82) is 0 Å². The summed E-state index contributed by atoms with van der Waals surface area (Å²) in [5.41, 5.74) is 1.17. The van der Waals surface area contributed by atoms with E-state index in [0.717, 1.165) is 32.5 Å². The molecule has 1 atom stereocenters. The van der Waals surface area contributed by atoms with E-state index < -0.39 is 0 Å². The second-order valence-corrected chi connectivity index (χ2v) is 4.58. The lowest BCUT2D eigenvalue weighted by atomic mass is 9.94. The Morgan fingerprint density at radius 3 is 2.42 bits per heavy atom. The van der Waals surface area contributed by atoms with Gasteiger partial charge < -0.3 is 14.8 Å². The summed E-state index contributed by atoms with van der Waals surface area (Å²) in [4.78, 5) is 0. The molecule has 1 aromatic carbocycles. The lowest BCUT2D eigenvalue weighted by Crippen LogP contribution is -2.25. The van der Waals surface area contributed by atoms with Crippen LogP contribution in [0.25, 0.3) is 0 Å². The lowest BCUT2D eigenvalue weighted by molar-refractivity contribution is 0.188. The van der Waals surface area contributed by atoms with Crippen molar-refractivity contribution in [1.82, 2.24) is 5.32 Å². The molecule has 1 N–H and O–H groups in total. The van der Waals surface area contributed by atoms with E-state index in [0.29, 0.717) is 12.5 Å². The van der Waals surface area contributed by atoms with E-state index in [2.05, 4.69) is 5.32 Å². The van der Waals surface area contributed by atoms with Crippen molar-refractivity contribution in [2.75, 3.05) is 40.5 Å². The van der Waals surface area contributed by atoms with Crippen molar-refractivity contribution in [2.24, 2.45) is 0 Å². The Morgan fingerprint density at radius 2 is 1.79 bits per heavy atom. The highest BCUT2D eigenvalue weighted by atomic mass is 19.1. The van der Waals surface area contributed by atoms with Gasteiger partial charge in [0.2, 0.25) is 0 Å². The first-order valence-electron chi connectivity index (χ1n) is 6.72. The smallest absolute Gasteiger partial charge is 0.123 e. The first-order valence-corrected chi connectivity index (χ1v) is 6.72. The molecule has 0 heterocycles. The standard InChI is InChI=1S/C15H24FNO2/c1-18-10-3-4-14(12-17-9-11-19-2)13-5-7-15(16)8-6-13/h5-8,14,17H,3-4,9-12H2,1-2H3. The van der Waals surface area contributed by atoms with E-state index in [1.807, 2.05) is 12.1 Å². The zero-order valence-corrected chi connectivity index (χ0v) is 11.8. The zero-order chi connectivity index (χ0) is 13.9. The number of halogens is 1. The Bertz CT molecular complexity index is 329. The summed E-state index contributed by atoms with van der Waals surface area (Å²) in [6.45, 7) is 3.17. The van der Waals surface area contributed by atoms with Crippen LogP contribution in [-0.4, -0.2) is 40.5 Å². The Labute approximate surface area is 115 Å². The first kappa shape index (κ1) is 16.1. The van der Waals surface area contributed by atoms with Gasteiger partial charge in [-0.25, -0.2) is 4.39 Å². The molecule has 4 heteroatoms. The normalized spacial score (nSPS) is 12.6. The van der Waals surface area contributed by atoms with Crippen LogP contribution in [0.15, 0.2) is 24.3 Å². The van der Waals surface area contributed by atoms with Crippen LogP contribution in [0.2, 0.25) is 0 Å². The van der Waals surface area contributed by atoms with Gasteiger partial charge in [0.05, 0.1) is 6.61 Å². The van der Waals surface area contributed by atoms with Crippen LogP contribution < -0.4 is 5.32 Å². The number of methoxy groups -OCH3 is 2. The highest BCUT2D eigenvalue weighted by Gasteiger charge is 2.11. The van der Waals surface area contributed by atoms with Crippen LogP contribution >= 0.6 is 0 Å². The third-order valence-corrected chi connectivity index (χ3v) is 3.12. The van der Waals surface area contributed by atoms with Gasteiger partial charge in [0, 0.05) is 33.9 Å². The predicted molar refractivity (Wildman–Crippen MR) is 75.0 cm³/mol. The molecule has 0 spiro atoms. The maximum Gasteiger partial charge on any atom is 0.123 e. The van der Waals surface area contributed by atoms with Crippen molar-refractivity contribution in [2.45, 2.75) is 18.8 Å². The molecular weight excluding hydrogens is 245 g/mol. The number of benzene rings is 1. The average Bonchev–Trinajstić information content (AvgIpc) is 2.43. The summed E-state index contributed by atoms with van der Waals surface area (Å²) in [5, 5.41) is 3.37. The highest BCUT2D eigenvalue weighted by Crippen LogP contribution is 2.21. The molecule has 0 saturated heterocycles. The van der Waals surface area contributed by atoms with Gasteiger partial charge >= 0.3 is 0 Å². The number of hydrogen-bond acceptors (Lipinski definition) is 3. The molecular formula is C15H24FNO2. The van der Waals surface area contributed by atoms with Crippen molar-refractivity contribution in [3.05, 3.63) is 35.6 Å². The molecule has 1 aromatic rings. The van der Waals surface area contributed by atoms with Gasteiger partial charge in [-0.05, 0) is 36.5 Å². The molecule has 0 bridgehead atoms. The fraction of sp³-hybridized carbons (Fsp3) is 0.600. The number of ether oxygens (including phenoxy) is 2. The van der Waals surface area contributed by atoms with Crippen LogP contribution in [0.3, 0.4) is 0 Å². The van der Waals surface area contributed by atoms with Gasteiger partial charge in [-0.3, -0.25) is 0 Å². The Hall–Kier alpha value is -0.970. The van der Waals surface area contributed by atoms with Gasteiger partial charge in [0.1, 0.15) is 5.82 Å². The van der Waals surface area contributed by atoms with Crippen molar-refractivity contribution < 1.29 is 13.9 Å². The minimum atomic E-state index is -0.188. The SMILES string of the molecule is COCCCC(CNCCOC)c1ccc(F)cc1. The highest BCUT2D eigenvalue weighted by molar-refractivity contribution is 5.20. The molecule has 108 valence electrons. The molecule has 0 saturated carbocycles. The minimum absolute atomic E-state index is 0.188. The third-order valence-electron chi connectivity index (χ3n) is 3.12. The van der Waals surface area contributed by atoms with E-state index in [9.17, 15) is 4.39 Å². The van der Waals surface area contributed by atoms with Gasteiger partial charge in [-0.2, -0.15) is 0 Å². The summed E-state index contributed by atoms with van der Waals surface area (Å²) >= 11 is 0. The molecule has 19 heavy (non-hydrogen) atoms. The largest absolute Gasteiger partial charge is 0.385 e.